The molecule has 1 aromatic carbocycles. The maximum absolute atomic E-state index is 12.3. The van der Waals surface area contributed by atoms with E-state index in [2.05, 4.69) is 0 Å². The van der Waals surface area contributed by atoms with Crippen LogP contribution in [-0.2, 0) is 9.59 Å². The van der Waals surface area contributed by atoms with Crippen molar-refractivity contribution in [3.63, 3.8) is 0 Å². The fourth-order valence-electron chi connectivity index (χ4n) is 2.23. The summed E-state index contributed by atoms with van der Waals surface area (Å²) in [4.78, 5) is 26.4. The van der Waals surface area contributed by atoms with Crippen LogP contribution in [0.2, 0.25) is 0 Å². The highest BCUT2D eigenvalue weighted by molar-refractivity contribution is 5.81. The lowest BCUT2D eigenvalue weighted by Crippen LogP contribution is -2.51. The SMILES string of the molecule is COc1cccc(O[C@H](C)C(=O)N2CCN(C=O)CC2)c1. The molecule has 2 rings (SSSR count). The van der Waals surface area contributed by atoms with E-state index in [1.165, 1.54) is 0 Å². The number of nitrogens with zero attached hydrogens (tertiary/aromatic N) is 2. The van der Waals surface area contributed by atoms with E-state index in [1.54, 1.807) is 36.0 Å². The highest BCUT2D eigenvalue weighted by Crippen LogP contribution is 2.20. The fraction of sp³-hybridized carbons (Fsp3) is 0.467. The Hall–Kier alpha value is -2.24. The first-order valence-electron chi connectivity index (χ1n) is 6.93. The van der Waals surface area contributed by atoms with Crippen LogP contribution >= 0.6 is 0 Å². The smallest absolute Gasteiger partial charge is 0.263 e. The molecule has 0 saturated carbocycles. The summed E-state index contributed by atoms with van der Waals surface area (Å²) in [6, 6.07) is 7.16. The van der Waals surface area contributed by atoms with Gasteiger partial charge in [0.15, 0.2) is 6.10 Å². The summed E-state index contributed by atoms with van der Waals surface area (Å²) in [7, 11) is 1.58. The molecule has 0 aromatic heterocycles. The second-order valence-electron chi connectivity index (χ2n) is 4.91. The quantitative estimate of drug-likeness (QED) is 0.752. The minimum atomic E-state index is -0.570. The Balaban J connectivity index is 1.91. The number of rotatable bonds is 5. The van der Waals surface area contributed by atoms with Gasteiger partial charge in [-0.3, -0.25) is 9.59 Å². The lowest BCUT2D eigenvalue weighted by Gasteiger charge is -2.34. The van der Waals surface area contributed by atoms with Crippen molar-refractivity contribution in [1.82, 2.24) is 9.80 Å². The zero-order valence-electron chi connectivity index (χ0n) is 12.3. The maximum Gasteiger partial charge on any atom is 0.263 e. The normalized spacial score (nSPS) is 16.3. The van der Waals surface area contributed by atoms with Gasteiger partial charge in [0.2, 0.25) is 6.41 Å². The third-order valence-electron chi connectivity index (χ3n) is 3.48. The van der Waals surface area contributed by atoms with Gasteiger partial charge in [0.05, 0.1) is 7.11 Å². The van der Waals surface area contributed by atoms with Gasteiger partial charge in [-0.05, 0) is 19.1 Å². The van der Waals surface area contributed by atoms with Crippen LogP contribution in [0.3, 0.4) is 0 Å². The zero-order valence-corrected chi connectivity index (χ0v) is 12.3. The molecular formula is C15H20N2O4. The minimum absolute atomic E-state index is 0.0663. The van der Waals surface area contributed by atoms with Gasteiger partial charge in [-0.2, -0.15) is 0 Å². The number of hydrogen-bond acceptors (Lipinski definition) is 4. The number of piperazine rings is 1. The number of methoxy groups -OCH3 is 1. The lowest BCUT2D eigenvalue weighted by atomic mass is 10.2. The van der Waals surface area contributed by atoms with Crippen LogP contribution in [0.15, 0.2) is 24.3 Å². The Morgan fingerprint density at radius 2 is 1.90 bits per heavy atom. The van der Waals surface area contributed by atoms with Crippen molar-refractivity contribution in [1.29, 1.82) is 0 Å². The summed E-state index contributed by atoms with van der Waals surface area (Å²) in [6.45, 7) is 3.96. The van der Waals surface area contributed by atoms with E-state index in [4.69, 9.17) is 9.47 Å². The predicted molar refractivity (Wildman–Crippen MR) is 77.3 cm³/mol. The Morgan fingerprint density at radius 1 is 1.24 bits per heavy atom. The Morgan fingerprint density at radius 3 is 2.52 bits per heavy atom. The molecule has 1 fully saturated rings. The summed E-state index contributed by atoms with van der Waals surface area (Å²) in [5.41, 5.74) is 0. The van der Waals surface area contributed by atoms with Crippen LogP contribution in [-0.4, -0.2) is 61.5 Å². The zero-order chi connectivity index (χ0) is 15.2. The van der Waals surface area contributed by atoms with E-state index in [9.17, 15) is 9.59 Å². The van der Waals surface area contributed by atoms with Gasteiger partial charge in [0, 0.05) is 32.2 Å². The molecule has 1 atom stereocenters. The molecule has 1 heterocycles. The molecule has 6 nitrogen and oxygen atoms in total. The Labute approximate surface area is 124 Å². The molecule has 6 heteroatoms. The van der Waals surface area contributed by atoms with Gasteiger partial charge in [-0.15, -0.1) is 0 Å². The second-order valence-corrected chi connectivity index (χ2v) is 4.91. The molecule has 0 bridgehead atoms. The molecule has 114 valence electrons. The second kappa shape index (κ2) is 6.97. The van der Waals surface area contributed by atoms with E-state index in [0.29, 0.717) is 37.7 Å². The molecule has 1 aromatic rings. The molecular weight excluding hydrogens is 272 g/mol. The van der Waals surface area contributed by atoms with E-state index in [-0.39, 0.29) is 5.91 Å². The van der Waals surface area contributed by atoms with Gasteiger partial charge in [-0.25, -0.2) is 0 Å². The van der Waals surface area contributed by atoms with Crippen LogP contribution < -0.4 is 9.47 Å². The molecule has 1 aliphatic heterocycles. The summed E-state index contributed by atoms with van der Waals surface area (Å²) in [5, 5.41) is 0. The molecule has 1 saturated heterocycles. The largest absolute Gasteiger partial charge is 0.497 e. The van der Waals surface area contributed by atoms with Crippen molar-refractivity contribution in [2.45, 2.75) is 13.0 Å². The van der Waals surface area contributed by atoms with Crippen molar-refractivity contribution in [3.05, 3.63) is 24.3 Å². The predicted octanol–water partition coefficient (Wildman–Crippen LogP) is 0.763. The van der Waals surface area contributed by atoms with E-state index in [0.717, 1.165) is 6.41 Å². The summed E-state index contributed by atoms with van der Waals surface area (Å²) >= 11 is 0. The van der Waals surface area contributed by atoms with Gasteiger partial charge in [-0.1, -0.05) is 6.07 Å². The molecule has 2 amide bonds. The molecule has 0 spiro atoms. The summed E-state index contributed by atoms with van der Waals surface area (Å²) < 4.78 is 10.8. The number of ether oxygens (including phenoxy) is 2. The van der Waals surface area contributed by atoms with Crippen LogP contribution in [0.4, 0.5) is 0 Å². The third-order valence-corrected chi connectivity index (χ3v) is 3.48. The van der Waals surface area contributed by atoms with E-state index in [1.807, 2.05) is 12.1 Å². The average Bonchev–Trinajstić information content (AvgIpc) is 2.54. The average molecular weight is 292 g/mol. The number of hydrogen-bond donors (Lipinski definition) is 0. The van der Waals surface area contributed by atoms with Gasteiger partial charge in [0.25, 0.3) is 5.91 Å². The summed E-state index contributed by atoms with van der Waals surface area (Å²) in [5.74, 6) is 1.22. The van der Waals surface area contributed by atoms with Gasteiger partial charge in [0.1, 0.15) is 11.5 Å². The third kappa shape index (κ3) is 3.87. The first-order chi connectivity index (χ1) is 10.1. The molecule has 0 radical (unpaired) electrons. The molecule has 21 heavy (non-hydrogen) atoms. The highest BCUT2D eigenvalue weighted by atomic mass is 16.5. The van der Waals surface area contributed by atoms with E-state index >= 15 is 0 Å². The van der Waals surface area contributed by atoms with Crippen molar-refractivity contribution in [2.24, 2.45) is 0 Å². The van der Waals surface area contributed by atoms with Crippen molar-refractivity contribution < 1.29 is 19.1 Å². The van der Waals surface area contributed by atoms with Gasteiger partial charge < -0.3 is 19.3 Å². The first-order valence-corrected chi connectivity index (χ1v) is 6.93. The van der Waals surface area contributed by atoms with Crippen molar-refractivity contribution in [2.75, 3.05) is 33.3 Å². The van der Waals surface area contributed by atoms with Crippen molar-refractivity contribution >= 4 is 12.3 Å². The molecule has 0 aliphatic carbocycles. The monoisotopic (exact) mass is 292 g/mol. The van der Waals surface area contributed by atoms with E-state index < -0.39 is 6.10 Å². The Kier molecular flexibility index (Phi) is 5.03. The van der Waals surface area contributed by atoms with Crippen LogP contribution in [0.25, 0.3) is 0 Å². The highest BCUT2D eigenvalue weighted by Gasteiger charge is 2.25. The van der Waals surface area contributed by atoms with Crippen LogP contribution in [0, 0.1) is 0 Å². The number of carbonyl (C=O) groups is 2. The maximum atomic E-state index is 12.3. The topological polar surface area (TPSA) is 59.1 Å². The van der Waals surface area contributed by atoms with Crippen LogP contribution in [0.1, 0.15) is 6.92 Å². The lowest BCUT2D eigenvalue weighted by molar-refractivity contribution is -0.141. The minimum Gasteiger partial charge on any atom is -0.497 e. The molecule has 1 aliphatic rings. The van der Waals surface area contributed by atoms with Crippen LogP contribution in [0.5, 0.6) is 11.5 Å². The number of carbonyl (C=O) groups excluding carboxylic acids is 2. The standard InChI is InChI=1S/C15H20N2O4/c1-12(21-14-5-3-4-13(10-14)20-2)15(19)17-8-6-16(11-18)7-9-17/h3-5,10-12H,6-9H2,1-2H3/t12-/m1/s1. The van der Waals surface area contributed by atoms with Crippen molar-refractivity contribution in [3.8, 4) is 11.5 Å². The number of amides is 2. The molecule has 0 N–H and O–H groups in total. The first kappa shape index (κ1) is 15.2. The van der Waals surface area contributed by atoms with Gasteiger partial charge >= 0.3 is 0 Å². The summed E-state index contributed by atoms with van der Waals surface area (Å²) in [6.07, 6.45) is 0.248. The number of benzene rings is 1. The molecule has 0 unspecified atom stereocenters. The fourth-order valence-corrected chi connectivity index (χ4v) is 2.23. The Bertz CT molecular complexity index is 498.